The maximum absolute atomic E-state index is 11.8. The number of ether oxygens (including phenoxy) is 1. The number of nitrogens with one attached hydrogen (secondary N) is 1. The van der Waals surface area contributed by atoms with E-state index in [0.717, 1.165) is 24.0 Å². The molecule has 4 heteroatoms. The summed E-state index contributed by atoms with van der Waals surface area (Å²) in [5.74, 6) is 0.577. The van der Waals surface area contributed by atoms with Gasteiger partial charge in [0, 0.05) is 18.3 Å². The maximum Gasteiger partial charge on any atom is 0.260 e. The quantitative estimate of drug-likeness (QED) is 0.613. The molecule has 1 aromatic rings. The standard InChI is InChI=1S/C15H24N2O2/c1-5-6-7-17-15(18)12(4)19-14-9-13(16)10(2)8-11(14)3/h8-9,12H,5-7,16H2,1-4H3,(H,17,18). The molecule has 0 aromatic heterocycles. The molecule has 19 heavy (non-hydrogen) atoms. The van der Waals surface area contributed by atoms with Crippen molar-refractivity contribution in [3.63, 3.8) is 0 Å². The van der Waals surface area contributed by atoms with Crippen molar-refractivity contribution in [3.05, 3.63) is 23.3 Å². The Hall–Kier alpha value is -1.71. The molecule has 0 bridgehead atoms. The molecule has 0 fully saturated rings. The number of carbonyl (C=O) groups excluding carboxylic acids is 1. The lowest BCUT2D eigenvalue weighted by atomic mass is 10.1. The number of rotatable bonds is 6. The normalized spacial score (nSPS) is 12.0. The first kappa shape index (κ1) is 15.3. The highest BCUT2D eigenvalue weighted by Gasteiger charge is 2.15. The zero-order chi connectivity index (χ0) is 14.4. The summed E-state index contributed by atoms with van der Waals surface area (Å²) in [6.07, 6.45) is 1.52. The van der Waals surface area contributed by atoms with Crippen molar-refractivity contribution < 1.29 is 9.53 Å². The van der Waals surface area contributed by atoms with Crippen LogP contribution >= 0.6 is 0 Å². The van der Waals surface area contributed by atoms with Crippen molar-refractivity contribution in [1.82, 2.24) is 5.32 Å². The van der Waals surface area contributed by atoms with Crippen molar-refractivity contribution in [2.24, 2.45) is 0 Å². The van der Waals surface area contributed by atoms with Crippen LogP contribution in [0, 0.1) is 13.8 Å². The average molecular weight is 264 g/mol. The minimum absolute atomic E-state index is 0.0907. The molecule has 1 unspecified atom stereocenters. The highest BCUT2D eigenvalue weighted by Crippen LogP contribution is 2.25. The smallest absolute Gasteiger partial charge is 0.260 e. The number of aryl methyl sites for hydroxylation is 2. The van der Waals surface area contributed by atoms with Crippen LogP contribution in [0.3, 0.4) is 0 Å². The fraction of sp³-hybridized carbons (Fsp3) is 0.533. The first-order chi connectivity index (χ1) is 8.95. The monoisotopic (exact) mass is 264 g/mol. The summed E-state index contributed by atoms with van der Waals surface area (Å²) in [5.41, 5.74) is 8.54. The van der Waals surface area contributed by atoms with Gasteiger partial charge in [0.25, 0.3) is 5.91 Å². The van der Waals surface area contributed by atoms with Gasteiger partial charge in [0.05, 0.1) is 0 Å². The van der Waals surface area contributed by atoms with Crippen LogP contribution in [-0.2, 0) is 4.79 Å². The van der Waals surface area contributed by atoms with Gasteiger partial charge in [0.1, 0.15) is 5.75 Å². The number of unbranched alkanes of at least 4 members (excludes halogenated alkanes) is 1. The van der Waals surface area contributed by atoms with Crippen LogP contribution in [0.2, 0.25) is 0 Å². The Balaban J connectivity index is 2.63. The molecule has 1 rings (SSSR count). The summed E-state index contributed by atoms with van der Waals surface area (Å²) in [6, 6.07) is 3.74. The molecule has 1 atom stereocenters. The summed E-state index contributed by atoms with van der Waals surface area (Å²) in [7, 11) is 0. The van der Waals surface area contributed by atoms with Gasteiger partial charge in [-0.1, -0.05) is 19.4 Å². The van der Waals surface area contributed by atoms with E-state index in [9.17, 15) is 4.79 Å². The number of hydrogen-bond acceptors (Lipinski definition) is 3. The third kappa shape index (κ3) is 4.47. The lowest BCUT2D eigenvalue weighted by molar-refractivity contribution is -0.127. The highest BCUT2D eigenvalue weighted by molar-refractivity contribution is 5.80. The molecular formula is C15H24N2O2. The predicted molar refractivity (Wildman–Crippen MR) is 78.3 cm³/mol. The van der Waals surface area contributed by atoms with E-state index < -0.39 is 6.10 Å². The number of nitrogen functional groups attached to an aromatic ring is 1. The molecule has 4 nitrogen and oxygen atoms in total. The Kier molecular flexibility index (Phi) is 5.67. The van der Waals surface area contributed by atoms with E-state index >= 15 is 0 Å². The Morgan fingerprint density at radius 1 is 1.37 bits per heavy atom. The molecule has 0 saturated heterocycles. The van der Waals surface area contributed by atoms with Gasteiger partial charge >= 0.3 is 0 Å². The van der Waals surface area contributed by atoms with Gasteiger partial charge in [-0.3, -0.25) is 4.79 Å². The largest absolute Gasteiger partial charge is 0.481 e. The van der Waals surface area contributed by atoms with Gasteiger partial charge in [0.15, 0.2) is 6.10 Å². The molecule has 0 aliphatic carbocycles. The fourth-order valence-corrected chi connectivity index (χ4v) is 1.75. The summed E-state index contributed by atoms with van der Waals surface area (Å²) in [5, 5.41) is 2.85. The van der Waals surface area contributed by atoms with Crippen LogP contribution in [-0.4, -0.2) is 18.6 Å². The average Bonchev–Trinajstić information content (AvgIpc) is 2.36. The Morgan fingerprint density at radius 2 is 2.05 bits per heavy atom. The first-order valence-electron chi connectivity index (χ1n) is 6.76. The van der Waals surface area contributed by atoms with Gasteiger partial charge in [-0.05, 0) is 38.3 Å². The molecule has 3 N–H and O–H groups in total. The van der Waals surface area contributed by atoms with Crippen LogP contribution in [0.4, 0.5) is 5.69 Å². The van der Waals surface area contributed by atoms with Crippen molar-refractivity contribution >= 4 is 11.6 Å². The van der Waals surface area contributed by atoms with Gasteiger partial charge in [-0.2, -0.15) is 0 Å². The molecule has 0 heterocycles. The number of nitrogens with two attached hydrogens (primary N) is 1. The van der Waals surface area contributed by atoms with E-state index in [2.05, 4.69) is 12.2 Å². The lowest BCUT2D eigenvalue weighted by Gasteiger charge is -2.17. The molecule has 1 aromatic carbocycles. The van der Waals surface area contributed by atoms with Crippen molar-refractivity contribution in [2.75, 3.05) is 12.3 Å². The summed E-state index contributed by atoms with van der Waals surface area (Å²) < 4.78 is 5.68. The minimum Gasteiger partial charge on any atom is -0.481 e. The Labute approximate surface area is 115 Å². The second kappa shape index (κ2) is 7.02. The van der Waals surface area contributed by atoms with Gasteiger partial charge in [-0.25, -0.2) is 0 Å². The topological polar surface area (TPSA) is 64.3 Å². The van der Waals surface area contributed by atoms with Gasteiger partial charge in [-0.15, -0.1) is 0 Å². The van der Waals surface area contributed by atoms with Crippen LogP contribution in [0.1, 0.15) is 37.8 Å². The van der Waals surface area contributed by atoms with Crippen molar-refractivity contribution in [2.45, 2.75) is 46.6 Å². The number of hydrogen-bond donors (Lipinski definition) is 2. The predicted octanol–water partition coefficient (Wildman–Crippen LogP) is 2.57. The molecule has 0 aliphatic rings. The molecule has 0 aliphatic heterocycles. The summed E-state index contributed by atoms with van der Waals surface area (Å²) in [6.45, 7) is 8.43. The Morgan fingerprint density at radius 3 is 2.68 bits per heavy atom. The highest BCUT2D eigenvalue weighted by atomic mass is 16.5. The minimum atomic E-state index is -0.516. The summed E-state index contributed by atoms with van der Waals surface area (Å²) >= 11 is 0. The van der Waals surface area contributed by atoms with Crippen molar-refractivity contribution in [3.8, 4) is 5.75 Å². The molecule has 1 amide bonds. The van der Waals surface area contributed by atoms with E-state index in [1.807, 2.05) is 19.9 Å². The second-order valence-electron chi connectivity index (χ2n) is 4.88. The molecular weight excluding hydrogens is 240 g/mol. The zero-order valence-corrected chi connectivity index (χ0v) is 12.2. The number of anilines is 1. The second-order valence-corrected chi connectivity index (χ2v) is 4.88. The van der Waals surface area contributed by atoms with E-state index in [-0.39, 0.29) is 5.91 Å². The molecule has 106 valence electrons. The van der Waals surface area contributed by atoms with E-state index in [0.29, 0.717) is 18.0 Å². The van der Waals surface area contributed by atoms with E-state index in [1.54, 1.807) is 13.0 Å². The van der Waals surface area contributed by atoms with Crippen LogP contribution in [0.15, 0.2) is 12.1 Å². The fourth-order valence-electron chi connectivity index (χ4n) is 1.75. The number of amides is 1. The SMILES string of the molecule is CCCCNC(=O)C(C)Oc1cc(N)c(C)cc1C. The van der Waals surface area contributed by atoms with E-state index in [4.69, 9.17) is 10.5 Å². The number of carbonyl (C=O) groups is 1. The van der Waals surface area contributed by atoms with Gasteiger partial charge < -0.3 is 15.8 Å². The third-order valence-electron chi connectivity index (χ3n) is 3.07. The maximum atomic E-state index is 11.8. The molecule has 0 spiro atoms. The van der Waals surface area contributed by atoms with Crippen molar-refractivity contribution in [1.29, 1.82) is 0 Å². The third-order valence-corrected chi connectivity index (χ3v) is 3.07. The Bertz CT molecular complexity index is 444. The van der Waals surface area contributed by atoms with E-state index in [1.165, 1.54) is 0 Å². The van der Waals surface area contributed by atoms with Crippen LogP contribution in [0.25, 0.3) is 0 Å². The zero-order valence-electron chi connectivity index (χ0n) is 12.2. The van der Waals surface area contributed by atoms with Gasteiger partial charge in [0.2, 0.25) is 0 Å². The number of benzene rings is 1. The lowest BCUT2D eigenvalue weighted by Crippen LogP contribution is -2.36. The van der Waals surface area contributed by atoms with Crippen LogP contribution in [0.5, 0.6) is 5.75 Å². The molecule has 0 saturated carbocycles. The molecule has 0 radical (unpaired) electrons. The summed E-state index contributed by atoms with van der Waals surface area (Å²) in [4.78, 5) is 11.8. The van der Waals surface area contributed by atoms with Crippen LogP contribution < -0.4 is 15.8 Å². The first-order valence-corrected chi connectivity index (χ1v) is 6.76.